The van der Waals surface area contributed by atoms with Gasteiger partial charge in [0.2, 0.25) is 0 Å². The Morgan fingerprint density at radius 3 is 2.74 bits per heavy atom. The zero-order valence-corrected chi connectivity index (χ0v) is 12.0. The summed E-state index contributed by atoms with van der Waals surface area (Å²) in [6, 6.07) is 3.95. The highest BCUT2D eigenvalue weighted by Crippen LogP contribution is 2.02. The van der Waals surface area contributed by atoms with Crippen LogP contribution in [0.15, 0.2) is 18.3 Å². The van der Waals surface area contributed by atoms with Gasteiger partial charge in [-0.3, -0.25) is 9.36 Å². The lowest BCUT2D eigenvalue weighted by molar-refractivity contribution is 0.425. The van der Waals surface area contributed by atoms with Crippen molar-refractivity contribution in [3.63, 3.8) is 0 Å². The van der Waals surface area contributed by atoms with Gasteiger partial charge in [-0.1, -0.05) is 0 Å². The molecule has 7 heteroatoms. The Morgan fingerprint density at radius 1 is 1.32 bits per heavy atom. The van der Waals surface area contributed by atoms with Crippen molar-refractivity contribution in [1.29, 1.82) is 0 Å². The predicted molar refractivity (Wildman–Crippen MR) is 73.9 cm³/mol. The largest absolute Gasteiger partial charge is 0.305 e. The summed E-state index contributed by atoms with van der Waals surface area (Å²) in [6.07, 6.45) is 1.80. The van der Waals surface area contributed by atoms with Crippen molar-refractivity contribution in [2.45, 2.75) is 26.6 Å². The number of aromatic nitrogens is 4. The second-order valence-electron chi connectivity index (χ2n) is 4.26. The van der Waals surface area contributed by atoms with Crippen LogP contribution in [0.2, 0.25) is 0 Å². The molecular formula is C12H19ClFN5. The fourth-order valence-electron chi connectivity index (χ4n) is 1.86. The average molecular weight is 288 g/mol. The van der Waals surface area contributed by atoms with Gasteiger partial charge in [0.25, 0.3) is 0 Å². The van der Waals surface area contributed by atoms with Crippen molar-refractivity contribution in [1.82, 2.24) is 24.9 Å². The van der Waals surface area contributed by atoms with Crippen LogP contribution in [-0.2, 0) is 26.7 Å². The minimum Gasteiger partial charge on any atom is -0.305 e. The van der Waals surface area contributed by atoms with Crippen molar-refractivity contribution in [2.75, 3.05) is 6.67 Å². The summed E-state index contributed by atoms with van der Waals surface area (Å²) in [4.78, 5) is 0. The van der Waals surface area contributed by atoms with Crippen LogP contribution in [0.5, 0.6) is 0 Å². The van der Waals surface area contributed by atoms with E-state index in [-0.39, 0.29) is 19.1 Å². The lowest BCUT2D eigenvalue weighted by atomic mass is 10.3. The Kier molecular flexibility index (Phi) is 5.98. The molecule has 2 aromatic rings. The van der Waals surface area contributed by atoms with Gasteiger partial charge in [-0.2, -0.15) is 10.2 Å². The number of nitrogens with one attached hydrogen (secondary N) is 1. The molecule has 0 fully saturated rings. The van der Waals surface area contributed by atoms with E-state index in [0.717, 1.165) is 23.6 Å². The molecule has 0 spiro atoms. The van der Waals surface area contributed by atoms with E-state index in [0.29, 0.717) is 13.1 Å². The first kappa shape index (κ1) is 15.7. The van der Waals surface area contributed by atoms with Crippen LogP contribution < -0.4 is 5.32 Å². The van der Waals surface area contributed by atoms with E-state index in [1.807, 2.05) is 24.7 Å². The van der Waals surface area contributed by atoms with Crippen molar-refractivity contribution < 1.29 is 4.39 Å². The fourth-order valence-corrected chi connectivity index (χ4v) is 1.86. The van der Waals surface area contributed by atoms with Crippen LogP contribution >= 0.6 is 12.4 Å². The minimum absolute atomic E-state index is 0. The number of nitrogens with zero attached hydrogens (tertiary/aromatic N) is 4. The Bertz CT molecular complexity index is 508. The summed E-state index contributed by atoms with van der Waals surface area (Å²) in [5.41, 5.74) is 3.07. The van der Waals surface area contributed by atoms with E-state index >= 15 is 0 Å². The van der Waals surface area contributed by atoms with Crippen LogP contribution in [0.1, 0.15) is 17.1 Å². The number of hydrogen-bond donors (Lipinski definition) is 1. The van der Waals surface area contributed by atoms with Crippen molar-refractivity contribution in [2.24, 2.45) is 7.05 Å². The predicted octanol–water partition coefficient (Wildman–Crippen LogP) is 1.61. The number of rotatable bonds is 6. The van der Waals surface area contributed by atoms with Gasteiger partial charge in [-0.15, -0.1) is 12.4 Å². The van der Waals surface area contributed by atoms with Gasteiger partial charge < -0.3 is 5.32 Å². The molecule has 0 amide bonds. The minimum atomic E-state index is -0.386. The first-order chi connectivity index (χ1) is 8.69. The maximum atomic E-state index is 12.1. The molecule has 19 heavy (non-hydrogen) atoms. The molecule has 2 rings (SSSR count). The lowest BCUT2D eigenvalue weighted by Crippen LogP contribution is -2.16. The summed E-state index contributed by atoms with van der Waals surface area (Å²) in [5.74, 6) is 0. The molecule has 1 N–H and O–H groups in total. The molecule has 0 aliphatic rings. The molecule has 0 aromatic carbocycles. The zero-order valence-electron chi connectivity index (χ0n) is 11.1. The third kappa shape index (κ3) is 4.33. The van der Waals surface area contributed by atoms with Crippen molar-refractivity contribution >= 4 is 12.4 Å². The topological polar surface area (TPSA) is 47.7 Å². The van der Waals surface area contributed by atoms with Crippen LogP contribution in [0.4, 0.5) is 4.39 Å². The molecule has 0 saturated carbocycles. The van der Waals surface area contributed by atoms with E-state index in [2.05, 4.69) is 21.6 Å². The van der Waals surface area contributed by atoms with Gasteiger partial charge in [-0.25, -0.2) is 4.39 Å². The molecule has 0 saturated heterocycles. The molecule has 0 bridgehead atoms. The first-order valence-electron chi connectivity index (χ1n) is 5.97. The third-order valence-electron chi connectivity index (χ3n) is 2.72. The van der Waals surface area contributed by atoms with Crippen molar-refractivity contribution in [3.8, 4) is 0 Å². The van der Waals surface area contributed by atoms with E-state index in [4.69, 9.17) is 0 Å². The summed E-state index contributed by atoms with van der Waals surface area (Å²) in [7, 11) is 1.93. The summed E-state index contributed by atoms with van der Waals surface area (Å²) in [6.45, 7) is 3.32. The molecule has 0 aliphatic heterocycles. The second kappa shape index (κ2) is 7.25. The number of halogens is 2. The highest BCUT2D eigenvalue weighted by molar-refractivity contribution is 5.85. The summed E-state index contributed by atoms with van der Waals surface area (Å²) >= 11 is 0. The van der Waals surface area contributed by atoms with Crippen LogP contribution in [0.25, 0.3) is 0 Å². The molecule has 0 atom stereocenters. The molecule has 106 valence electrons. The summed E-state index contributed by atoms with van der Waals surface area (Å²) < 4.78 is 15.6. The highest BCUT2D eigenvalue weighted by atomic mass is 35.5. The monoisotopic (exact) mass is 287 g/mol. The van der Waals surface area contributed by atoms with Gasteiger partial charge in [0, 0.05) is 26.3 Å². The van der Waals surface area contributed by atoms with Crippen LogP contribution in [-0.4, -0.2) is 26.2 Å². The SMILES string of the molecule is Cc1cc(CNCc2ccn(CCF)n2)n(C)n1.Cl. The summed E-state index contributed by atoms with van der Waals surface area (Å²) in [5, 5.41) is 11.8. The first-order valence-corrected chi connectivity index (χ1v) is 5.97. The molecule has 5 nitrogen and oxygen atoms in total. The number of hydrogen-bond acceptors (Lipinski definition) is 3. The lowest BCUT2D eigenvalue weighted by Gasteiger charge is -2.03. The van der Waals surface area contributed by atoms with Gasteiger partial charge in [0.1, 0.15) is 6.67 Å². The zero-order chi connectivity index (χ0) is 13.0. The molecule has 0 unspecified atom stereocenters. The van der Waals surface area contributed by atoms with E-state index < -0.39 is 0 Å². The van der Waals surface area contributed by atoms with E-state index in [9.17, 15) is 4.39 Å². The fraction of sp³-hybridized carbons (Fsp3) is 0.500. The second-order valence-corrected chi connectivity index (χ2v) is 4.26. The third-order valence-corrected chi connectivity index (χ3v) is 2.72. The Labute approximate surface area is 118 Å². The van der Waals surface area contributed by atoms with E-state index in [1.54, 1.807) is 10.9 Å². The van der Waals surface area contributed by atoms with Gasteiger partial charge in [-0.05, 0) is 19.1 Å². The molecule has 0 radical (unpaired) electrons. The van der Waals surface area contributed by atoms with E-state index in [1.165, 1.54) is 0 Å². The maximum Gasteiger partial charge on any atom is 0.109 e. The molecule has 0 aliphatic carbocycles. The molecule has 2 aromatic heterocycles. The average Bonchev–Trinajstić information content (AvgIpc) is 2.87. The Balaban J connectivity index is 0.00000180. The quantitative estimate of drug-likeness (QED) is 0.878. The standard InChI is InChI=1S/C12H18FN5.ClH/c1-10-7-12(17(2)15-10)9-14-8-11-3-5-18(16-11)6-4-13;/h3,5,7,14H,4,6,8-9H2,1-2H3;1H. The Hall–Kier alpha value is -1.40. The van der Waals surface area contributed by atoms with Gasteiger partial charge in [0.05, 0.1) is 23.6 Å². The normalized spacial score (nSPS) is 10.5. The van der Waals surface area contributed by atoms with Gasteiger partial charge >= 0.3 is 0 Å². The number of alkyl halides is 1. The van der Waals surface area contributed by atoms with Crippen LogP contribution in [0.3, 0.4) is 0 Å². The van der Waals surface area contributed by atoms with Crippen LogP contribution in [0, 0.1) is 6.92 Å². The van der Waals surface area contributed by atoms with Crippen molar-refractivity contribution in [3.05, 3.63) is 35.4 Å². The maximum absolute atomic E-state index is 12.1. The molecular weight excluding hydrogens is 269 g/mol. The molecule has 2 heterocycles. The highest BCUT2D eigenvalue weighted by Gasteiger charge is 2.02. The number of aryl methyl sites for hydroxylation is 3. The Morgan fingerprint density at radius 2 is 2.11 bits per heavy atom. The smallest absolute Gasteiger partial charge is 0.109 e. The van der Waals surface area contributed by atoms with Gasteiger partial charge in [0.15, 0.2) is 0 Å².